The molecule has 0 aliphatic carbocycles. The first-order valence-corrected chi connectivity index (χ1v) is 6.04. The normalized spacial score (nSPS) is 11.5. The van der Waals surface area contributed by atoms with E-state index in [1.807, 2.05) is 12.4 Å². The summed E-state index contributed by atoms with van der Waals surface area (Å²) >= 11 is 0. The molecule has 0 fully saturated rings. The van der Waals surface area contributed by atoms with E-state index in [1.54, 1.807) is 0 Å². The van der Waals surface area contributed by atoms with Gasteiger partial charge in [-0.3, -0.25) is 4.98 Å². The molecule has 88 valence electrons. The highest BCUT2D eigenvalue weighted by atomic mass is 14.6. The second kappa shape index (κ2) is 4.70. The Labute approximate surface area is 104 Å². The molecular weight excluding hydrogens is 206 g/mol. The average molecular weight is 225 g/mol. The van der Waals surface area contributed by atoms with Gasteiger partial charge in [-0.25, -0.2) is 0 Å². The fourth-order valence-corrected chi connectivity index (χ4v) is 2.06. The van der Waals surface area contributed by atoms with Crippen molar-refractivity contribution in [3.63, 3.8) is 0 Å². The Hall–Kier alpha value is -1.63. The number of pyridine rings is 1. The minimum atomic E-state index is 0.309. The predicted octanol–water partition coefficient (Wildman–Crippen LogP) is 4.34. The number of benzene rings is 1. The average Bonchev–Trinajstić information content (AvgIpc) is 2.29. The third-order valence-electron chi connectivity index (χ3n) is 2.73. The number of nitrogens with zero attached hydrogens (tertiary/aromatic N) is 1. The molecule has 0 amide bonds. The molecule has 0 aliphatic heterocycles. The van der Waals surface area contributed by atoms with Crippen LogP contribution in [0.3, 0.4) is 0 Å². The molecule has 1 heteroatoms. The lowest BCUT2D eigenvalue weighted by atomic mass is 9.85. The van der Waals surface area contributed by atoms with Crippen molar-refractivity contribution in [2.75, 3.05) is 0 Å². The highest BCUT2D eigenvalue weighted by molar-refractivity contribution is 5.66. The highest BCUT2D eigenvalue weighted by Crippen LogP contribution is 2.28. The number of aromatic nitrogens is 1. The van der Waals surface area contributed by atoms with Crippen LogP contribution in [-0.2, 0) is 6.42 Å². The summed E-state index contributed by atoms with van der Waals surface area (Å²) in [5, 5.41) is 0. The predicted molar refractivity (Wildman–Crippen MR) is 72.8 cm³/mol. The molecule has 1 nitrogen and oxygen atoms in total. The molecule has 1 heterocycles. The summed E-state index contributed by atoms with van der Waals surface area (Å²) in [5.41, 5.74) is 4.29. The van der Waals surface area contributed by atoms with Crippen LogP contribution in [0.15, 0.2) is 48.8 Å². The van der Waals surface area contributed by atoms with Crippen LogP contribution in [0.4, 0.5) is 0 Å². The molecule has 2 rings (SSSR count). The van der Waals surface area contributed by atoms with Crippen LogP contribution in [0.2, 0.25) is 0 Å². The lowest BCUT2D eigenvalue weighted by molar-refractivity contribution is 0.412. The molecule has 17 heavy (non-hydrogen) atoms. The molecule has 0 radical (unpaired) electrons. The largest absolute Gasteiger partial charge is 0.265 e. The van der Waals surface area contributed by atoms with E-state index >= 15 is 0 Å². The summed E-state index contributed by atoms with van der Waals surface area (Å²) in [6, 6.07) is 12.8. The smallest absolute Gasteiger partial charge is 0.0273 e. The molecule has 1 aromatic heterocycles. The van der Waals surface area contributed by atoms with Gasteiger partial charge in [0.15, 0.2) is 0 Å². The van der Waals surface area contributed by atoms with E-state index in [1.165, 1.54) is 16.7 Å². The minimum Gasteiger partial charge on any atom is -0.265 e. The van der Waals surface area contributed by atoms with E-state index in [-0.39, 0.29) is 0 Å². The van der Waals surface area contributed by atoms with Gasteiger partial charge >= 0.3 is 0 Å². The Bertz CT molecular complexity index is 480. The van der Waals surface area contributed by atoms with Crippen molar-refractivity contribution < 1.29 is 0 Å². The monoisotopic (exact) mass is 225 g/mol. The second-order valence-corrected chi connectivity index (χ2v) is 5.63. The van der Waals surface area contributed by atoms with Crippen LogP contribution in [0.5, 0.6) is 0 Å². The standard InChI is InChI=1S/C16H19N/c1-16(2,3)12-14-6-4-5-7-15(14)13-8-10-17-11-9-13/h4-11H,12H2,1-3H3. The molecule has 0 atom stereocenters. The summed E-state index contributed by atoms with van der Waals surface area (Å²) in [6.07, 6.45) is 4.79. The van der Waals surface area contributed by atoms with Crippen molar-refractivity contribution >= 4 is 0 Å². The topological polar surface area (TPSA) is 12.9 Å². The fraction of sp³-hybridized carbons (Fsp3) is 0.312. The van der Waals surface area contributed by atoms with Gasteiger partial charge in [0.05, 0.1) is 0 Å². The third-order valence-corrected chi connectivity index (χ3v) is 2.73. The second-order valence-electron chi connectivity index (χ2n) is 5.63. The molecule has 0 bridgehead atoms. The van der Waals surface area contributed by atoms with E-state index in [0.29, 0.717) is 5.41 Å². The van der Waals surface area contributed by atoms with Gasteiger partial charge < -0.3 is 0 Å². The zero-order valence-corrected chi connectivity index (χ0v) is 10.8. The van der Waals surface area contributed by atoms with Crippen LogP contribution < -0.4 is 0 Å². The van der Waals surface area contributed by atoms with Gasteiger partial charge in [0.1, 0.15) is 0 Å². The Balaban J connectivity index is 2.41. The Morgan fingerprint density at radius 3 is 2.24 bits per heavy atom. The number of rotatable bonds is 2. The summed E-state index contributed by atoms with van der Waals surface area (Å²) < 4.78 is 0. The summed E-state index contributed by atoms with van der Waals surface area (Å²) in [7, 11) is 0. The molecular formula is C16H19N. The van der Waals surface area contributed by atoms with Gasteiger partial charge in [-0.05, 0) is 40.7 Å². The molecule has 0 spiro atoms. The Morgan fingerprint density at radius 1 is 0.941 bits per heavy atom. The zero-order valence-electron chi connectivity index (χ0n) is 10.8. The van der Waals surface area contributed by atoms with Crippen molar-refractivity contribution in [1.29, 1.82) is 0 Å². The van der Waals surface area contributed by atoms with Crippen molar-refractivity contribution in [2.24, 2.45) is 5.41 Å². The quantitative estimate of drug-likeness (QED) is 0.741. The first kappa shape index (κ1) is 11.8. The van der Waals surface area contributed by atoms with Crippen molar-refractivity contribution in [3.8, 4) is 11.1 Å². The van der Waals surface area contributed by atoms with Crippen molar-refractivity contribution in [3.05, 3.63) is 54.4 Å². The van der Waals surface area contributed by atoms with Gasteiger partial charge in [-0.15, -0.1) is 0 Å². The van der Waals surface area contributed by atoms with E-state index < -0.39 is 0 Å². The fourth-order valence-electron chi connectivity index (χ4n) is 2.06. The van der Waals surface area contributed by atoms with Crippen LogP contribution in [0, 0.1) is 5.41 Å². The van der Waals surface area contributed by atoms with E-state index in [2.05, 4.69) is 62.2 Å². The first-order valence-electron chi connectivity index (χ1n) is 6.04. The SMILES string of the molecule is CC(C)(C)Cc1ccccc1-c1ccncc1. The van der Waals surface area contributed by atoms with E-state index in [9.17, 15) is 0 Å². The van der Waals surface area contributed by atoms with Gasteiger partial charge in [0.25, 0.3) is 0 Å². The van der Waals surface area contributed by atoms with Crippen LogP contribution in [0.25, 0.3) is 11.1 Å². The molecule has 1 aromatic carbocycles. The molecule has 0 N–H and O–H groups in total. The molecule has 2 aromatic rings. The lowest BCUT2D eigenvalue weighted by Gasteiger charge is -2.20. The first-order chi connectivity index (χ1) is 8.06. The maximum absolute atomic E-state index is 4.08. The van der Waals surface area contributed by atoms with Crippen LogP contribution in [-0.4, -0.2) is 4.98 Å². The number of hydrogen-bond acceptors (Lipinski definition) is 1. The highest BCUT2D eigenvalue weighted by Gasteiger charge is 2.14. The molecule has 0 saturated heterocycles. The van der Waals surface area contributed by atoms with Crippen LogP contribution in [0.1, 0.15) is 26.3 Å². The summed E-state index contributed by atoms with van der Waals surface area (Å²) in [5.74, 6) is 0. The van der Waals surface area contributed by atoms with Gasteiger partial charge in [0.2, 0.25) is 0 Å². The Kier molecular flexibility index (Phi) is 3.28. The van der Waals surface area contributed by atoms with E-state index in [0.717, 1.165) is 6.42 Å². The van der Waals surface area contributed by atoms with E-state index in [4.69, 9.17) is 0 Å². The number of hydrogen-bond donors (Lipinski definition) is 0. The Morgan fingerprint density at radius 2 is 1.59 bits per heavy atom. The zero-order chi connectivity index (χ0) is 12.3. The molecule has 0 unspecified atom stereocenters. The maximum atomic E-state index is 4.08. The third kappa shape index (κ3) is 3.16. The lowest BCUT2D eigenvalue weighted by Crippen LogP contribution is -2.09. The summed E-state index contributed by atoms with van der Waals surface area (Å²) in [6.45, 7) is 6.82. The van der Waals surface area contributed by atoms with Gasteiger partial charge in [-0.1, -0.05) is 45.0 Å². The van der Waals surface area contributed by atoms with Gasteiger partial charge in [0, 0.05) is 12.4 Å². The van der Waals surface area contributed by atoms with Crippen molar-refractivity contribution in [2.45, 2.75) is 27.2 Å². The maximum Gasteiger partial charge on any atom is 0.0273 e. The van der Waals surface area contributed by atoms with Crippen LogP contribution >= 0.6 is 0 Å². The minimum absolute atomic E-state index is 0.309. The molecule has 0 saturated carbocycles. The molecule has 0 aliphatic rings. The van der Waals surface area contributed by atoms with Gasteiger partial charge in [-0.2, -0.15) is 0 Å². The summed E-state index contributed by atoms with van der Waals surface area (Å²) in [4.78, 5) is 4.08. The van der Waals surface area contributed by atoms with Crippen molar-refractivity contribution in [1.82, 2.24) is 4.98 Å².